The molecule has 0 saturated carbocycles. The van der Waals surface area contributed by atoms with Gasteiger partial charge in [0.15, 0.2) is 5.09 Å². The lowest BCUT2D eigenvalue weighted by Gasteiger charge is -2.05. The molecule has 1 amide bonds. The molecular formula is C21H12BrClN2O4S. The Morgan fingerprint density at radius 1 is 1.20 bits per heavy atom. The highest BCUT2D eigenvalue weighted by Gasteiger charge is 2.15. The number of carboxylic acid groups (broad SMARTS) is 1. The van der Waals surface area contributed by atoms with Gasteiger partial charge in [0.05, 0.1) is 10.0 Å². The van der Waals surface area contributed by atoms with E-state index in [0.29, 0.717) is 20.3 Å². The summed E-state index contributed by atoms with van der Waals surface area (Å²) in [5, 5.41) is 22.1. The summed E-state index contributed by atoms with van der Waals surface area (Å²) < 4.78 is 6.40. The van der Waals surface area contributed by atoms with E-state index in [1.54, 1.807) is 18.2 Å². The predicted octanol–water partition coefficient (Wildman–Crippen LogP) is 6.09. The molecule has 0 fully saturated rings. The number of amides is 1. The minimum atomic E-state index is -1.12. The van der Waals surface area contributed by atoms with Gasteiger partial charge in [-0.05, 0) is 64.5 Å². The van der Waals surface area contributed by atoms with Gasteiger partial charge in [-0.3, -0.25) is 4.79 Å². The van der Waals surface area contributed by atoms with Gasteiger partial charge in [0, 0.05) is 21.7 Å². The molecule has 0 bridgehead atoms. The summed E-state index contributed by atoms with van der Waals surface area (Å²) in [5.41, 5.74) is 0.0924. The first kappa shape index (κ1) is 21.7. The molecule has 1 aromatic heterocycles. The van der Waals surface area contributed by atoms with Crippen LogP contribution in [0.5, 0.6) is 0 Å². The van der Waals surface area contributed by atoms with Gasteiger partial charge in [-0.25, -0.2) is 4.79 Å². The van der Waals surface area contributed by atoms with Crippen molar-refractivity contribution >= 4 is 62.9 Å². The number of carboxylic acids is 1. The Kier molecular flexibility index (Phi) is 7.00. The zero-order chi connectivity index (χ0) is 21.7. The summed E-state index contributed by atoms with van der Waals surface area (Å²) in [5.74, 6) is -1.49. The summed E-state index contributed by atoms with van der Waals surface area (Å²) >= 11 is 10.6. The van der Waals surface area contributed by atoms with Crippen LogP contribution in [0.15, 0.2) is 79.0 Å². The SMILES string of the molecule is N#C/C(=C/c1cc(Br)c(Sc2ccc(Cl)cc2)o1)C(=O)Nc1cccc(C(=O)O)c1. The minimum absolute atomic E-state index is 0.0223. The first-order valence-electron chi connectivity index (χ1n) is 8.35. The van der Waals surface area contributed by atoms with Crippen LogP contribution in [0.1, 0.15) is 16.1 Å². The lowest BCUT2D eigenvalue weighted by Crippen LogP contribution is -2.13. The number of benzene rings is 2. The molecule has 0 aliphatic carbocycles. The third-order valence-electron chi connectivity index (χ3n) is 3.72. The van der Waals surface area contributed by atoms with E-state index in [1.807, 2.05) is 18.2 Å². The Hall–Kier alpha value is -2.99. The summed E-state index contributed by atoms with van der Waals surface area (Å²) in [6.45, 7) is 0. The van der Waals surface area contributed by atoms with E-state index in [2.05, 4.69) is 21.2 Å². The van der Waals surface area contributed by atoms with Gasteiger partial charge < -0.3 is 14.8 Å². The van der Waals surface area contributed by atoms with E-state index < -0.39 is 11.9 Å². The highest BCUT2D eigenvalue weighted by atomic mass is 79.9. The monoisotopic (exact) mass is 502 g/mol. The Morgan fingerprint density at radius 3 is 2.60 bits per heavy atom. The van der Waals surface area contributed by atoms with E-state index in [9.17, 15) is 14.9 Å². The third kappa shape index (κ3) is 5.54. The highest BCUT2D eigenvalue weighted by molar-refractivity contribution is 9.10. The van der Waals surface area contributed by atoms with E-state index in [1.165, 1.54) is 42.1 Å². The molecule has 0 saturated heterocycles. The molecule has 0 radical (unpaired) electrons. The molecule has 0 unspecified atom stereocenters. The van der Waals surface area contributed by atoms with Crippen molar-refractivity contribution in [1.29, 1.82) is 5.26 Å². The van der Waals surface area contributed by atoms with E-state index in [4.69, 9.17) is 21.1 Å². The molecule has 0 atom stereocenters. The summed E-state index contributed by atoms with van der Waals surface area (Å²) in [4.78, 5) is 24.4. The van der Waals surface area contributed by atoms with Crippen LogP contribution < -0.4 is 5.32 Å². The Balaban J connectivity index is 1.78. The van der Waals surface area contributed by atoms with Crippen molar-refractivity contribution in [3.05, 3.63) is 81.0 Å². The van der Waals surface area contributed by atoms with Crippen molar-refractivity contribution in [2.24, 2.45) is 0 Å². The first-order valence-corrected chi connectivity index (χ1v) is 10.3. The second kappa shape index (κ2) is 9.67. The number of hydrogen-bond acceptors (Lipinski definition) is 5. The van der Waals surface area contributed by atoms with Gasteiger partial charge in [0.2, 0.25) is 0 Å². The first-order chi connectivity index (χ1) is 14.4. The average Bonchev–Trinajstić information content (AvgIpc) is 3.06. The molecule has 150 valence electrons. The number of nitrogens with one attached hydrogen (secondary N) is 1. The van der Waals surface area contributed by atoms with Crippen LogP contribution in [-0.2, 0) is 4.79 Å². The number of furan rings is 1. The number of nitrogens with zero attached hydrogens (tertiary/aromatic N) is 1. The fourth-order valence-electron chi connectivity index (χ4n) is 2.34. The number of nitriles is 1. The van der Waals surface area contributed by atoms with Crippen LogP contribution in [-0.4, -0.2) is 17.0 Å². The Morgan fingerprint density at radius 2 is 1.93 bits per heavy atom. The van der Waals surface area contributed by atoms with Crippen LogP contribution in [0.4, 0.5) is 5.69 Å². The molecule has 1 heterocycles. The largest absolute Gasteiger partial charge is 0.478 e. The molecule has 0 aliphatic heterocycles. The summed E-state index contributed by atoms with van der Waals surface area (Å²) in [6.07, 6.45) is 1.31. The topological polar surface area (TPSA) is 103 Å². The zero-order valence-corrected chi connectivity index (χ0v) is 18.2. The molecular weight excluding hydrogens is 492 g/mol. The molecule has 6 nitrogen and oxygen atoms in total. The van der Waals surface area contributed by atoms with Crippen molar-refractivity contribution in [2.45, 2.75) is 9.99 Å². The van der Waals surface area contributed by atoms with Gasteiger partial charge in [-0.1, -0.05) is 29.4 Å². The molecule has 30 heavy (non-hydrogen) atoms. The maximum atomic E-state index is 12.4. The molecule has 3 rings (SSSR count). The fraction of sp³-hybridized carbons (Fsp3) is 0. The van der Waals surface area contributed by atoms with E-state index in [-0.39, 0.29) is 16.8 Å². The zero-order valence-electron chi connectivity index (χ0n) is 15.1. The smallest absolute Gasteiger partial charge is 0.335 e. The second-order valence-electron chi connectivity index (χ2n) is 5.85. The lowest BCUT2D eigenvalue weighted by molar-refractivity contribution is -0.112. The minimum Gasteiger partial charge on any atom is -0.478 e. The lowest BCUT2D eigenvalue weighted by atomic mass is 10.2. The molecule has 2 aromatic carbocycles. The number of rotatable bonds is 6. The molecule has 0 aliphatic rings. The number of halogens is 2. The Labute approximate surface area is 189 Å². The van der Waals surface area contributed by atoms with Gasteiger partial charge in [-0.15, -0.1) is 0 Å². The van der Waals surface area contributed by atoms with Crippen LogP contribution >= 0.6 is 39.3 Å². The standard InChI is InChI=1S/C21H12BrClN2O4S/c22-18-10-16(29-21(18)30-17-6-4-14(23)5-7-17)9-13(11-24)19(26)25-15-3-1-2-12(8-15)20(27)28/h1-10H,(H,25,26)(H,27,28)/b13-9-. The van der Waals surface area contributed by atoms with Crippen molar-refractivity contribution in [2.75, 3.05) is 5.32 Å². The predicted molar refractivity (Wildman–Crippen MR) is 118 cm³/mol. The van der Waals surface area contributed by atoms with Crippen molar-refractivity contribution in [3.63, 3.8) is 0 Å². The van der Waals surface area contributed by atoms with Crippen molar-refractivity contribution < 1.29 is 19.1 Å². The number of hydrogen-bond donors (Lipinski definition) is 2. The summed E-state index contributed by atoms with van der Waals surface area (Å²) in [7, 11) is 0. The number of carbonyl (C=O) groups is 2. The third-order valence-corrected chi connectivity index (χ3v) is 5.82. The fourth-order valence-corrected chi connectivity index (χ4v) is 3.79. The molecule has 0 spiro atoms. The number of anilines is 1. The summed E-state index contributed by atoms with van der Waals surface area (Å²) in [6, 6.07) is 16.4. The van der Waals surface area contributed by atoms with Crippen LogP contribution in [0.3, 0.4) is 0 Å². The number of aromatic carboxylic acids is 1. The van der Waals surface area contributed by atoms with Gasteiger partial charge in [0.25, 0.3) is 5.91 Å². The normalized spacial score (nSPS) is 11.0. The molecule has 2 N–H and O–H groups in total. The quantitative estimate of drug-likeness (QED) is 0.312. The van der Waals surface area contributed by atoms with E-state index >= 15 is 0 Å². The van der Waals surface area contributed by atoms with E-state index in [0.717, 1.165) is 4.90 Å². The maximum Gasteiger partial charge on any atom is 0.335 e. The van der Waals surface area contributed by atoms with Crippen LogP contribution in [0.2, 0.25) is 5.02 Å². The maximum absolute atomic E-state index is 12.4. The number of carbonyl (C=O) groups excluding carboxylic acids is 1. The van der Waals surface area contributed by atoms with Crippen LogP contribution in [0.25, 0.3) is 6.08 Å². The van der Waals surface area contributed by atoms with Gasteiger partial charge in [0.1, 0.15) is 17.4 Å². The Bertz CT molecular complexity index is 1180. The van der Waals surface area contributed by atoms with Gasteiger partial charge in [-0.2, -0.15) is 5.26 Å². The van der Waals surface area contributed by atoms with Crippen molar-refractivity contribution in [1.82, 2.24) is 0 Å². The second-order valence-corrected chi connectivity index (χ2v) is 8.19. The molecule has 3 aromatic rings. The van der Waals surface area contributed by atoms with Crippen LogP contribution in [0, 0.1) is 11.3 Å². The van der Waals surface area contributed by atoms with Gasteiger partial charge >= 0.3 is 5.97 Å². The highest BCUT2D eigenvalue weighted by Crippen LogP contribution is 2.36. The molecule has 9 heteroatoms. The van der Waals surface area contributed by atoms with Crippen molar-refractivity contribution in [3.8, 4) is 6.07 Å². The average molecular weight is 504 g/mol.